The van der Waals surface area contributed by atoms with Crippen LogP contribution in [0, 0.1) is 5.82 Å². The average molecular weight is 326 g/mol. The number of benzene rings is 1. The summed E-state index contributed by atoms with van der Waals surface area (Å²) in [6, 6.07) is 6.02. The molecule has 0 bridgehead atoms. The van der Waals surface area contributed by atoms with E-state index in [0.717, 1.165) is 5.69 Å². The SMILES string of the molecule is CN(C)c1cnn(Cc2cc(F)cc(Br)c2)c(=O)c1. The number of hydrogen-bond acceptors (Lipinski definition) is 3. The topological polar surface area (TPSA) is 38.1 Å². The monoisotopic (exact) mass is 325 g/mol. The van der Waals surface area contributed by atoms with Crippen LogP contribution < -0.4 is 10.5 Å². The first-order chi connectivity index (χ1) is 8.95. The van der Waals surface area contributed by atoms with Crippen LogP contribution in [0.1, 0.15) is 5.56 Å². The molecule has 0 saturated heterocycles. The molecule has 0 fully saturated rings. The Bertz CT molecular complexity index is 634. The molecule has 0 saturated carbocycles. The molecular formula is C13H13BrFN3O. The minimum atomic E-state index is -0.345. The molecule has 1 heterocycles. The van der Waals surface area contributed by atoms with Crippen molar-refractivity contribution < 1.29 is 4.39 Å². The normalized spacial score (nSPS) is 10.5. The number of anilines is 1. The molecule has 0 spiro atoms. The number of aromatic nitrogens is 2. The number of halogens is 2. The summed E-state index contributed by atoms with van der Waals surface area (Å²) < 4.78 is 15.2. The van der Waals surface area contributed by atoms with Crippen molar-refractivity contribution in [3.05, 3.63) is 56.7 Å². The van der Waals surface area contributed by atoms with Gasteiger partial charge in [0.15, 0.2) is 0 Å². The van der Waals surface area contributed by atoms with Crippen molar-refractivity contribution in [2.75, 3.05) is 19.0 Å². The van der Waals surface area contributed by atoms with Crippen LogP contribution in [0.3, 0.4) is 0 Å². The Morgan fingerprint density at radius 3 is 2.63 bits per heavy atom. The van der Waals surface area contributed by atoms with E-state index >= 15 is 0 Å². The molecule has 1 aromatic carbocycles. The third-order valence-electron chi connectivity index (χ3n) is 2.63. The second-order valence-electron chi connectivity index (χ2n) is 4.38. The van der Waals surface area contributed by atoms with E-state index in [1.54, 1.807) is 17.2 Å². The minimum absolute atomic E-state index is 0.216. The van der Waals surface area contributed by atoms with Gasteiger partial charge in [-0.15, -0.1) is 0 Å². The molecule has 0 N–H and O–H groups in total. The zero-order valence-electron chi connectivity index (χ0n) is 10.6. The van der Waals surface area contributed by atoms with E-state index < -0.39 is 0 Å². The lowest BCUT2D eigenvalue weighted by atomic mass is 10.2. The zero-order valence-corrected chi connectivity index (χ0v) is 12.2. The smallest absolute Gasteiger partial charge is 0.269 e. The fraction of sp³-hybridized carbons (Fsp3) is 0.231. The van der Waals surface area contributed by atoms with Gasteiger partial charge in [-0.25, -0.2) is 9.07 Å². The summed E-state index contributed by atoms with van der Waals surface area (Å²) in [5, 5.41) is 4.08. The van der Waals surface area contributed by atoms with Crippen LogP contribution in [-0.2, 0) is 6.54 Å². The predicted molar refractivity (Wildman–Crippen MR) is 76.0 cm³/mol. The van der Waals surface area contributed by atoms with Crippen LogP contribution in [0.5, 0.6) is 0 Å². The first-order valence-corrected chi connectivity index (χ1v) is 6.44. The Kier molecular flexibility index (Phi) is 3.99. The summed E-state index contributed by atoms with van der Waals surface area (Å²) in [7, 11) is 3.68. The van der Waals surface area contributed by atoms with Crippen LogP contribution in [0.25, 0.3) is 0 Å². The van der Waals surface area contributed by atoms with Gasteiger partial charge in [-0.2, -0.15) is 5.10 Å². The maximum absolute atomic E-state index is 13.3. The molecule has 2 rings (SSSR count). The third-order valence-corrected chi connectivity index (χ3v) is 3.08. The molecule has 0 radical (unpaired) electrons. The minimum Gasteiger partial charge on any atom is -0.376 e. The molecule has 4 nitrogen and oxygen atoms in total. The van der Waals surface area contributed by atoms with Gasteiger partial charge in [0, 0.05) is 24.6 Å². The second kappa shape index (κ2) is 5.52. The van der Waals surface area contributed by atoms with Gasteiger partial charge >= 0.3 is 0 Å². The number of hydrogen-bond donors (Lipinski definition) is 0. The zero-order chi connectivity index (χ0) is 14.0. The van der Waals surface area contributed by atoms with Crippen molar-refractivity contribution in [2.24, 2.45) is 0 Å². The average Bonchev–Trinajstić information content (AvgIpc) is 2.30. The van der Waals surface area contributed by atoms with Gasteiger partial charge in [0.1, 0.15) is 5.82 Å². The molecule has 0 aliphatic carbocycles. The lowest BCUT2D eigenvalue weighted by Crippen LogP contribution is -2.24. The lowest BCUT2D eigenvalue weighted by molar-refractivity contribution is 0.609. The fourth-order valence-corrected chi connectivity index (χ4v) is 2.18. The van der Waals surface area contributed by atoms with E-state index in [-0.39, 0.29) is 17.9 Å². The molecule has 0 unspecified atom stereocenters. The summed E-state index contributed by atoms with van der Waals surface area (Å²) in [4.78, 5) is 13.7. The van der Waals surface area contributed by atoms with Crippen molar-refractivity contribution in [1.82, 2.24) is 9.78 Å². The maximum atomic E-state index is 13.3. The molecule has 0 atom stereocenters. The molecule has 1 aromatic heterocycles. The van der Waals surface area contributed by atoms with Gasteiger partial charge in [-0.3, -0.25) is 4.79 Å². The largest absolute Gasteiger partial charge is 0.376 e. The van der Waals surface area contributed by atoms with Gasteiger partial charge in [-0.1, -0.05) is 15.9 Å². The highest BCUT2D eigenvalue weighted by molar-refractivity contribution is 9.10. The van der Waals surface area contributed by atoms with E-state index in [2.05, 4.69) is 21.0 Å². The van der Waals surface area contributed by atoms with Crippen molar-refractivity contribution in [1.29, 1.82) is 0 Å². The Balaban J connectivity index is 2.31. The van der Waals surface area contributed by atoms with Gasteiger partial charge in [0.25, 0.3) is 5.56 Å². The van der Waals surface area contributed by atoms with Crippen molar-refractivity contribution in [3.63, 3.8) is 0 Å². The molecule has 6 heteroatoms. The highest BCUT2D eigenvalue weighted by atomic mass is 79.9. The standard InChI is InChI=1S/C13H13BrFN3O/c1-17(2)12-6-13(19)18(16-7-12)8-9-3-10(14)5-11(15)4-9/h3-7H,8H2,1-2H3. The van der Waals surface area contributed by atoms with E-state index in [0.29, 0.717) is 10.0 Å². The summed E-state index contributed by atoms with van der Waals surface area (Å²) in [5.41, 5.74) is 1.20. The van der Waals surface area contributed by atoms with Crippen molar-refractivity contribution >= 4 is 21.6 Å². The van der Waals surface area contributed by atoms with E-state index in [1.807, 2.05) is 14.1 Å². The number of rotatable bonds is 3. The molecular weight excluding hydrogens is 313 g/mol. The van der Waals surface area contributed by atoms with E-state index in [1.165, 1.54) is 22.9 Å². The van der Waals surface area contributed by atoms with E-state index in [4.69, 9.17) is 0 Å². The number of nitrogens with zero attached hydrogens (tertiary/aromatic N) is 3. The summed E-state index contributed by atoms with van der Waals surface area (Å²) in [5.74, 6) is -0.345. The highest BCUT2D eigenvalue weighted by Gasteiger charge is 2.04. The molecule has 19 heavy (non-hydrogen) atoms. The third kappa shape index (κ3) is 3.41. The van der Waals surface area contributed by atoms with Crippen molar-refractivity contribution in [2.45, 2.75) is 6.54 Å². The maximum Gasteiger partial charge on any atom is 0.269 e. The Morgan fingerprint density at radius 2 is 2.05 bits per heavy atom. The van der Waals surface area contributed by atoms with Crippen LogP contribution in [0.4, 0.5) is 10.1 Å². The van der Waals surface area contributed by atoms with Gasteiger partial charge in [0.2, 0.25) is 0 Å². The summed E-state index contributed by atoms with van der Waals surface area (Å²) in [6.07, 6.45) is 1.61. The highest BCUT2D eigenvalue weighted by Crippen LogP contribution is 2.15. The van der Waals surface area contributed by atoms with Crippen LogP contribution in [0.2, 0.25) is 0 Å². The van der Waals surface area contributed by atoms with Crippen molar-refractivity contribution in [3.8, 4) is 0 Å². The Labute approximate surface area is 118 Å². The quantitative estimate of drug-likeness (QED) is 0.868. The predicted octanol–water partition coefficient (Wildman–Crippen LogP) is 2.26. The molecule has 0 aliphatic heterocycles. The molecule has 2 aromatic rings. The Hall–Kier alpha value is -1.69. The first-order valence-electron chi connectivity index (χ1n) is 5.65. The molecule has 0 amide bonds. The first kappa shape index (κ1) is 13.7. The van der Waals surface area contributed by atoms with Gasteiger partial charge in [-0.05, 0) is 23.8 Å². The van der Waals surface area contributed by atoms with Gasteiger partial charge in [0.05, 0.1) is 18.4 Å². The van der Waals surface area contributed by atoms with Crippen LogP contribution >= 0.6 is 15.9 Å². The summed E-state index contributed by atoms with van der Waals surface area (Å²) in [6.45, 7) is 0.239. The fourth-order valence-electron chi connectivity index (χ4n) is 1.66. The second-order valence-corrected chi connectivity index (χ2v) is 5.30. The summed E-state index contributed by atoms with van der Waals surface area (Å²) >= 11 is 3.22. The Morgan fingerprint density at radius 1 is 1.32 bits per heavy atom. The van der Waals surface area contributed by atoms with Gasteiger partial charge < -0.3 is 4.90 Å². The molecule has 100 valence electrons. The van der Waals surface area contributed by atoms with Crippen LogP contribution in [0.15, 0.2) is 39.7 Å². The van der Waals surface area contributed by atoms with Crippen LogP contribution in [-0.4, -0.2) is 23.9 Å². The molecule has 0 aliphatic rings. The van der Waals surface area contributed by atoms with E-state index in [9.17, 15) is 9.18 Å². The lowest BCUT2D eigenvalue weighted by Gasteiger charge is -2.12.